The summed E-state index contributed by atoms with van der Waals surface area (Å²) in [6.45, 7) is 1.80. The van der Waals surface area contributed by atoms with Crippen LogP contribution >= 0.6 is 23.1 Å². The Morgan fingerprint density at radius 3 is 2.92 bits per heavy atom. The Bertz CT molecular complexity index is 274. The highest BCUT2D eigenvalue weighted by molar-refractivity contribution is 8.00. The first-order valence-corrected chi connectivity index (χ1v) is 5.47. The van der Waals surface area contributed by atoms with E-state index in [9.17, 15) is 4.79 Å². The van der Waals surface area contributed by atoms with E-state index in [1.807, 2.05) is 6.26 Å². The lowest BCUT2D eigenvalue weighted by atomic mass is 10.5. The van der Waals surface area contributed by atoms with Crippen LogP contribution in [0.25, 0.3) is 0 Å². The van der Waals surface area contributed by atoms with Crippen LogP contribution in [0, 0.1) is 0 Å². The molecular formula is C6H9N3OS2. The second-order valence-corrected chi connectivity index (χ2v) is 4.01. The monoisotopic (exact) mass is 203 g/mol. The zero-order valence-electron chi connectivity index (χ0n) is 6.83. The van der Waals surface area contributed by atoms with Crippen molar-refractivity contribution >= 4 is 34.1 Å². The molecule has 0 aliphatic rings. The molecule has 1 aromatic heterocycles. The van der Waals surface area contributed by atoms with E-state index in [0.717, 1.165) is 4.34 Å². The lowest BCUT2D eigenvalue weighted by Crippen LogP contribution is -2.08. The van der Waals surface area contributed by atoms with Crippen molar-refractivity contribution in [3.8, 4) is 0 Å². The number of rotatable bonds is 3. The molecular weight excluding hydrogens is 194 g/mol. The average Bonchev–Trinajstić information content (AvgIpc) is 2.52. The van der Waals surface area contributed by atoms with Crippen LogP contribution < -0.4 is 5.32 Å². The summed E-state index contributed by atoms with van der Waals surface area (Å²) < 4.78 is 0.862. The number of anilines is 1. The molecule has 1 heterocycles. The summed E-state index contributed by atoms with van der Waals surface area (Å²) in [6.07, 6.45) is 2.39. The zero-order chi connectivity index (χ0) is 8.97. The number of carbonyl (C=O) groups excluding carboxylic acids is 1. The van der Waals surface area contributed by atoms with Gasteiger partial charge in [0.2, 0.25) is 11.0 Å². The van der Waals surface area contributed by atoms with E-state index in [1.54, 1.807) is 6.92 Å². The fourth-order valence-electron chi connectivity index (χ4n) is 0.550. The zero-order valence-corrected chi connectivity index (χ0v) is 8.46. The largest absolute Gasteiger partial charge is 0.301 e. The molecule has 1 N–H and O–H groups in total. The van der Waals surface area contributed by atoms with Crippen molar-refractivity contribution in [2.24, 2.45) is 0 Å². The van der Waals surface area contributed by atoms with Crippen molar-refractivity contribution in [1.29, 1.82) is 0 Å². The summed E-state index contributed by atoms with van der Waals surface area (Å²) in [5.74, 6) is -0.0289. The summed E-state index contributed by atoms with van der Waals surface area (Å²) in [5, 5.41) is 10.8. The van der Waals surface area contributed by atoms with Crippen LogP contribution in [0.3, 0.4) is 0 Å². The summed E-state index contributed by atoms with van der Waals surface area (Å²) in [6, 6.07) is 0. The second kappa shape index (κ2) is 4.42. The Morgan fingerprint density at radius 1 is 1.67 bits per heavy atom. The van der Waals surface area contributed by atoms with Crippen LogP contribution in [0.5, 0.6) is 0 Å². The Labute approximate surface area is 78.8 Å². The van der Waals surface area contributed by atoms with E-state index < -0.39 is 0 Å². The van der Waals surface area contributed by atoms with Gasteiger partial charge < -0.3 is 5.32 Å². The molecule has 0 bridgehead atoms. The highest BCUT2D eigenvalue weighted by atomic mass is 32.2. The molecule has 66 valence electrons. The van der Waals surface area contributed by atoms with Gasteiger partial charge in [0.15, 0.2) is 4.34 Å². The molecule has 0 unspecified atom stereocenters. The minimum absolute atomic E-state index is 0.0289. The molecule has 0 radical (unpaired) electrons. The van der Waals surface area contributed by atoms with Gasteiger partial charge in [-0.3, -0.25) is 4.79 Å². The minimum Gasteiger partial charge on any atom is -0.301 e. The van der Waals surface area contributed by atoms with Gasteiger partial charge in [0.05, 0.1) is 0 Å². The van der Waals surface area contributed by atoms with Gasteiger partial charge in [0.1, 0.15) is 0 Å². The summed E-state index contributed by atoms with van der Waals surface area (Å²) in [7, 11) is 0. The standard InChI is InChI=1S/C6H9N3OS2/c1-3-4(10)7-5-8-9-6(11-2)12-5/h3H2,1-2H3,(H,7,8,10). The predicted octanol–water partition coefficient (Wildman–Crippen LogP) is 1.61. The quantitative estimate of drug-likeness (QED) is 0.599. The first kappa shape index (κ1) is 9.47. The van der Waals surface area contributed by atoms with E-state index in [-0.39, 0.29) is 5.91 Å². The molecule has 0 fully saturated rings. The molecule has 0 saturated carbocycles. The molecule has 1 rings (SSSR count). The van der Waals surface area contributed by atoms with Crippen LogP contribution in [0.1, 0.15) is 13.3 Å². The Morgan fingerprint density at radius 2 is 2.42 bits per heavy atom. The van der Waals surface area contributed by atoms with Gasteiger partial charge in [-0.1, -0.05) is 30.0 Å². The summed E-state index contributed by atoms with van der Waals surface area (Å²) in [5.41, 5.74) is 0. The van der Waals surface area contributed by atoms with Crippen molar-refractivity contribution in [3.05, 3.63) is 0 Å². The second-order valence-electron chi connectivity index (χ2n) is 1.98. The lowest BCUT2D eigenvalue weighted by molar-refractivity contribution is -0.115. The number of nitrogens with zero attached hydrogens (tertiary/aromatic N) is 2. The van der Waals surface area contributed by atoms with Gasteiger partial charge in [0.25, 0.3) is 0 Å². The number of hydrogen-bond donors (Lipinski definition) is 1. The summed E-state index contributed by atoms with van der Waals surface area (Å²) in [4.78, 5) is 10.9. The number of nitrogens with one attached hydrogen (secondary N) is 1. The number of thioether (sulfide) groups is 1. The van der Waals surface area contributed by atoms with Crippen molar-refractivity contribution < 1.29 is 4.79 Å². The maximum atomic E-state index is 10.9. The molecule has 12 heavy (non-hydrogen) atoms. The molecule has 0 saturated heterocycles. The van der Waals surface area contributed by atoms with Crippen molar-refractivity contribution in [2.75, 3.05) is 11.6 Å². The average molecular weight is 203 g/mol. The van der Waals surface area contributed by atoms with Crippen LogP contribution in [0.15, 0.2) is 4.34 Å². The molecule has 1 amide bonds. The smallest absolute Gasteiger partial charge is 0.225 e. The normalized spacial score (nSPS) is 9.83. The van der Waals surface area contributed by atoms with Gasteiger partial charge in [-0.15, -0.1) is 10.2 Å². The van der Waals surface area contributed by atoms with Gasteiger partial charge >= 0.3 is 0 Å². The third kappa shape index (κ3) is 2.46. The number of hydrogen-bond acceptors (Lipinski definition) is 5. The Balaban J connectivity index is 2.58. The number of aromatic nitrogens is 2. The van der Waals surface area contributed by atoms with Crippen molar-refractivity contribution in [3.63, 3.8) is 0 Å². The van der Waals surface area contributed by atoms with Gasteiger partial charge in [0, 0.05) is 6.42 Å². The maximum absolute atomic E-state index is 10.9. The maximum Gasteiger partial charge on any atom is 0.225 e. The number of amides is 1. The third-order valence-corrected chi connectivity index (χ3v) is 2.96. The molecule has 0 aliphatic heterocycles. The molecule has 0 atom stereocenters. The van der Waals surface area contributed by atoms with Gasteiger partial charge in [-0.05, 0) is 6.26 Å². The van der Waals surface area contributed by atoms with E-state index in [4.69, 9.17) is 0 Å². The molecule has 0 spiro atoms. The molecule has 0 aliphatic carbocycles. The lowest BCUT2D eigenvalue weighted by Gasteiger charge is -1.94. The van der Waals surface area contributed by atoms with Crippen LogP contribution in [-0.2, 0) is 4.79 Å². The molecule has 1 aromatic rings. The first-order valence-electron chi connectivity index (χ1n) is 3.43. The van der Waals surface area contributed by atoms with E-state index in [1.165, 1.54) is 23.1 Å². The Kier molecular flexibility index (Phi) is 3.48. The van der Waals surface area contributed by atoms with E-state index in [0.29, 0.717) is 11.6 Å². The first-order chi connectivity index (χ1) is 5.76. The highest BCUT2D eigenvalue weighted by Gasteiger charge is 2.04. The fraction of sp³-hybridized carbons (Fsp3) is 0.500. The fourth-order valence-corrected chi connectivity index (χ4v) is 1.74. The Hall–Kier alpha value is -0.620. The number of carbonyl (C=O) groups is 1. The van der Waals surface area contributed by atoms with Gasteiger partial charge in [-0.25, -0.2) is 0 Å². The SMILES string of the molecule is CCC(=O)Nc1nnc(SC)s1. The van der Waals surface area contributed by atoms with Crippen LogP contribution in [0.4, 0.5) is 5.13 Å². The predicted molar refractivity (Wildman–Crippen MR) is 50.6 cm³/mol. The highest BCUT2D eigenvalue weighted by Crippen LogP contribution is 2.22. The minimum atomic E-state index is -0.0289. The topological polar surface area (TPSA) is 54.9 Å². The third-order valence-electron chi connectivity index (χ3n) is 1.15. The molecule has 4 nitrogen and oxygen atoms in total. The summed E-state index contributed by atoms with van der Waals surface area (Å²) >= 11 is 2.90. The molecule has 6 heteroatoms. The van der Waals surface area contributed by atoms with Crippen molar-refractivity contribution in [2.45, 2.75) is 17.7 Å². The van der Waals surface area contributed by atoms with E-state index in [2.05, 4.69) is 15.5 Å². The van der Waals surface area contributed by atoms with Crippen LogP contribution in [0.2, 0.25) is 0 Å². The van der Waals surface area contributed by atoms with Crippen LogP contribution in [-0.4, -0.2) is 22.4 Å². The van der Waals surface area contributed by atoms with E-state index >= 15 is 0 Å². The van der Waals surface area contributed by atoms with Crippen molar-refractivity contribution in [1.82, 2.24) is 10.2 Å². The van der Waals surface area contributed by atoms with Gasteiger partial charge in [-0.2, -0.15) is 0 Å². The molecule has 0 aromatic carbocycles.